The van der Waals surface area contributed by atoms with Gasteiger partial charge in [0.1, 0.15) is 6.61 Å². The number of nitrogens with zero attached hydrogens (tertiary/aromatic N) is 1. The Balaban J connectivity index is 2.13. The fourth-order valence-corrected chi connectivity index (χ4v) is 2.11. The van der Waals surface area contributed by atoms with Gasteiger partial charge in [-0.05, 0) is 29.2 Å². The summed E-state index contributed by atoms with van der Waals surface area (Å²) in [4.78, 5) is 10.6. The molecule has 2 aromatic rings. The topological polar surface area (TPSA) is 52.4 Å². The Morgan fingerprint density at radius 3 is 2.29 bits per heavy atom. The van der Waals surface area contributed by atoms with Gasteiger partial charge in [-0.1, -0.05) is 37.3 Å². The monoisotopic (exact) mass is 305 g/mol. The van der Waals surface area contributed by atoms with Crippen LogP contribution in [-0.4, -0.2) is 4.92 Å². The van der Waals surface area contributed by atoms with E-state index in [1.165, 1.54) is 11.6 Å². The highest BCUT2D eigenvalue weighted by Gasteiger charge is 2.15. The molecule has 21 heavy (non-hydrogen) atoms. The van der Waals surface area contributed by atoms with Gasteiger partial charge in [0.15, 0.2) is 5.75 Å². The molecule has 0 amide bonds. The molecular formula is C16H16ClNO3. The summed E-state index contributed by atoms with van der Waals surface area (Å²) in [6, 6.07) is 12.8. The zero-order valence-corrected chi connectivity index (χ0v) is 12.5. The Kier molecular flexibility index (Phi) is 5.17. The second-order valence-electron chi connectivity index (χ2n) is 4.65. The number of hydrogen-bond donors (Lipinski definition) is 0. The lowest BCUT2D eigenvalue weighted by atomic mass is 10.1. The summed E-state index contributed by atoms with van der Waals surface area (Å²) in [6.45, 7) is 2.39. The Hall–Kier alpha value is -2.07. The minimum Gasteiger partial charge on any atom is -0.482 e. The predicted molar refractivity (Wildman–Crippen MR) is 82.8 cm³/mol. The lowest BCUT2D eigenvalue weighted by Crippen LogP contribution is -2.00. The number of rotatable bonds is 6. The van der Waals surface area contributed by atoms with E-state index < -0.39 is 4.92 Å². The molecule has 2 aromatic carbocycles. The van der Waals surface area contributed by atoms with Gasteiger partial charge >= 0.3 is 5.69 Å². The third-order valence-corrected chi connectivity index (χ3v) is 3.51. The number of hydrogen-bond acceptors (Lipinski definition) is 3. The number of benzene rings is 2. The van der Waals surface area contributed by atoms with E-state index in [1.807, 2.05) is 24.3 Å². The quantitative estimate of drug-likeness (QED) is 0.449. The zero-order chi connectivity index (χ0) is 15.2. The summed E-state index contributed by atoms with van der Waals surface area (Å²) < 4.78 is 5.57. The van der Waals surface area contributed by atoms with Crippen molar-refractivity contribution in [3.05, 3.63) is 69.3 Å². The van der Waals surface area contributed by atoms with Gasteiger partial charge in [-0.15, -0.1) is 11.6 Å². The van der Waals surface area contributed by atoms with Crippen LogP contribution >= 0.6 is 11.6 Å². The van der Waals surface area contributed by atoms with E-state index in [4.69, 9.17) is 16.3 Å². The van der Waals surface area contributed by atoms with Crippen molar-refractivity contribution in [1.29, 1.82) is 0 Å². The van der Waals surface area contributed by atoms with Crippen LogP contribution in [0.2, 0.25) is 0 Å². The first-order valence-corrected chi connectivity index (χ1v) is 7.21. The maximum atomic E-state index is 11.1. The number of nitro groups is 1. The number of aryl methyl sites for hydroxylation is 1. The highest BCUT2D eigenvalue weighted by Crippen LogP contribution is 2.29. The molecule has 5 heteroatoms. The first-order valence-electron chi connectivity index (χ1n) is 6.68. The van der Waals surface area contributed by atoms with E-state index in [-0.39, 0.29) is 17.3 Å². The largest absolute Gasteiger partial charge is 0.482 e. The molecule has 0 aliphatic rings. The van der Waals surface area contributed by atoms with Crippen LogP contribution in [0.15, 0.2) is 42.5 Å². The molecule has 0 N–H and O–H groups in total. The molecule has 0 bridgehead atoms. The van der Waals surface area contributed by atoms with E-state index in [0.717, 1.165) is 12.0 Å². The SMILES string of the molecule is CCc1ccc(COc2ccc(CCl)cc2[N+](=O)[O-])cc1. The Morgan fingerprint density at radius 1 is 1.10 bits per heavy atom. The summed E-state index contributed by atoms with van der Waals surface area (Å²) in [5.74, 6) is 0.494. The van der Waals surface area contributed by atoms with Gasteiger partial charge in [0, 0.05) is 11.9 Å². The molecule has 0 atom stereocenters. The first-order chi connectivity index (χ1) is 10.1. The van der Waals surface area contributed by atoms with Gasteiger partial charge in [0.2, 0.25) is 0 Å². The molecule has 110 valence electrons. The molecule has 0 saturated heterocycles. The molecule has 0 aliphatic carbocycles. The van der Waals surface area contributed by atoms with E-state index in [2.05, 4.69) is 6.92 Å². The highest BCUT2D eigenvalue weighted by atomic mass is 35.5. The van der Waals surface area contributed by atoms with Crippen molar-refractivity contribution in [3.63, 3.8) is 0 Å². The zero-order valence-electron chi connectivity index (χ0n) is 11.7. The van der Waals surface area contributed by atoms with Crippen LogP contribution in [0.3, 0.4) is 0 Å². The molecule has 0 spiro atoms. The summed E-state index contributed by atoms with van der Waals surface area (Å²) in [6.07, 6.45) is 0.979. The first kappa shape index (κ1) is 15.3. The molecule has 4 nitrogen and oxygen atoms in total. The second kappa shape index (κ2) is 7.09. The standard InChI is InChI=1S/C16H16ClNO3/c1-2-12-3-5-13(6-4-12)11-21-16-8-7-14(10-17)9-15(16)18(19)20/h3-9H,2,10-11H2,1H3. The fraction of sp³-hybridized carbons (Fsp3) is 0.250. The molecule has 0 fully saturated rings. The second-order valence-corrected chi connectivity index (χ2v) is 4.92. The third kappa shape index (κ3) is 3.95. The van der Waals surface area contributed by atoms with Crippen molar-refractivity contribution < 1.29 is 9.66 Å². The lowest BCUT2D eigenvalue weighted by Gasteiger charge is -2.08. The molecule has 0 radical (unpaired) electrons. The minimum absolute atomic E-state index is 0.0571. The van der Waals surface area contributed by atoms with Gasteiger partial charge in [-0.3, -0.25) is 10.1 Å². The maximum Gasteiger partial charge on any atom is 0.311 e. The predicted octanol–water partition coefficient (Wildman–Crippen LogP) is 4.48. The van der Waals surface area contributed by atoms with Crippen LogP contribution in [0.5, 0.6) is 5.75 Å². The van der Waals surface area contributed by atoms with Crippen molar-refractivity contribution in [2.45, 2.75) is 25.8 Å². The summed E-state index contributed by atoms with van der Waals surface area (Å²) >= 11 is 5.69. The minimum atomic E-state index is -0.453. The van der Waals surface area contributed by atoms with E-state index in [0.29, 0.717) is 12.2 Å². The van der Waals surface area contributed by atoms with Gasteiger partial charge < -0.3 is 4.74 Å². The maximum absolute atomic E-state index is 11.1. The smallest absolute Gasteiger partial charge is 0.311 e. The molecule has 0 saturated carbocycles. The molecule has 2 rings (SSSR count). The normalized spacial score (nSPS) is 10.4. The fourth-order valence-electron chi connectivity index (χ4n) is 1.94. The Bertz CT molecular complexity index is 626. The van der Waals surface area contributed by atoms with Gasteiger partial charge in [0.25, 0.3) is 0 Å². The lowest BCUT2D eigenvalue weighted by molar-refractivity contribution is -0.386. The summed E-state index contributed by atoms with van der Waals surface area (Å²) in [5, 5.41) is 11.1. The van der Waals surface area contributed by atoms with Crippen LogP contribution in [0.1, 0.15) is 23.6 Å². The van der Waals surface area contributed by atoms with Crippen molar-refractivity contribution in [2.75, 3.05) is 0 Å². The summed E-state index contributed by atoms with van der Waals surface area (Å²) in [5.41, 5.74) is 2.86. The van der Waals surface area contributed by atoms with Gasteiger partial charge in [-0.2, -0.15) is 0 Å². The van der Waals surface area contributed by atoms with E-state index in [1.54, 1.807) is 12.1 Å². The molecule has 0 aromatic heterocycles. The van der Waals surface area contributed by atoms with Crippen LogP contribution < -0.4 is 4.74 Å². The third-order valence-electron chi connectivity index (χ3n) is 3.20. The molecule has 0 aliphatic heterocycles. The van der Waals surface area contributed by atoms with Gasteiger partial charge in [0.05, 0.1) is 4.92 Å². The van der Waals surface area contributed by atoms with Crippen LogP contribution in [0.4, 0.5) is 5.69 Å². The number of alkyl halides is 1. The van der Waals surface area contributed by atoms with Crippen LogP contribution in [-0.2, 0) is 18.9 Å². The van der Waals surface area contributed by atoms with E-state index in [9.17, 15) is 10.1 Å². The van der Waals surface area contributed by atoms with Crippen molar-refractivity contribution in [3.8, 4) is 5.75 Å². The van der Waals surface area contributed by atoms with Crippen molar-refractivity contribution in [1.82, 2.24) is 0 Å². The van der Waals surface area contributed by atoms with Crippen molar-refractivity contribution >= 4 is 17.3 Å². The molecular weight excluding hydrogens is 290 g/mol. The number of ether oxygens (including phenoxy) is 1. The average molecular weight is 306 g/mol. The Labute approximate surface area is 128 Å². The van der Waals surface area contributed by atoms with Crippen LogP contribution in [0.25, 0.3) is 0 Å². The van der Waals surface area contributed by atoms with Crippen molar-refractivity contribution in [2.24, 2.45) is 0 Å². The Morgan fingerprint density at radius 2 is 1.71 bits per heavy atom. The average Bonchev–Trinajstić information content (AvgIpc) is 2.53. The highest BCUT2D eigenvalue weighted by molar-refractivity contribution is 6.17. The van der Waals surface area contributed by atoms with Crippen LogP contribution in [0, 0.1) is 10.1 Å². The molecule has 0 heterocycles. The summed E-state index contributed by atoms with van der Waals surface area (Å²) in [7, 11) is 0. The van der Waals surface area contributed by atoms with E-state index >= 15 is 0 Å². The van der Waals surface area contributed by atoms with Gasteiger partial charge in [-0.25, -0.2) is 0 Å². The molecule has 0 unspecified atom stereocenters. The number of nitro benzene ring substituents is 1. The number of halogens is 1.